The monoisotopic (exact) mass is 340 g/mol. The molecule has 0 bridgehead atoms. The summed E-state index contributed by atoms with van der Waals surface area (Å²) in [6.45, 7) is 0. The van der Waals surface area contributed by atoms with E-state index in [1.807, 2.05) is 0 Å². The first kappa shape index (κ1) is 13.1. The van der Waals surface area contributed by atoms with Gasteiger partial charge in [0.05, 0.1) is 5.02 Å². The molecule has 0 spiro atoms. The Hall–Kier alpha value is -0.370. The third-order valence-corrected chi connectivity index (χ3v) is 4.26. The van der Waals surface area contributed by atoms with E-state index in [2.05, 4.69) is 20.7 Å². The molecule has 0 saturated carbocycles. The SMILES string of the molecule is O=S(O)Nc1c(Cl)c2c([n+]([O-])c1Br)CCCC2. The van der Waals surface area contributed by atoms with E-state index in [-0.39, 0.29) is 10.3 Å². The summed E-state index contributed by atoms with van der Waals surface area (Å²) < 4.78 is 22.7. The van der Waals surface area contributed by atoms with E-state index in [0.29, 0.717) is 17.1 Å². The van der Waals surface area contributed by atoms with Gasteiger partial charge in [0, 0.05) is 27.9 Å². The molecule has 0 amide bonds. The number of hydrogen-bond donors (Lipinski definition) is 2. The van der Waals surface area contributed by atoms with E-state index in [9.17, 15) is 9.42 Å². The number of fused-ring (bicyclic) bond motifs is 1. The lowest BCUT2D eigenvalue weighted by atomic mass is 9.96. The van der Waals surface area contributed by atoms with Gasteiger partial charge in [-0.25, -0.2) is 4.21 Å². The molecule has 1 heterocycles. The molecule has 8 heteroatoms. The molecule has 2 rings (SSSR count). The molecule has 0 aliphatic heterocycles. The Balaban J connectivity index is 2.61. The van der Waals surface area contributed by atoms with Crippen LogP contribution in [0.1, 0.15) is 24.1 Å². The van der Waals surface area contributed by atoms with Crippen LogP contribution >= 0.6 is 27.5 Å². The highest BCUT2D eigenvalue weighted by Gasteiger charge is 2.28. The average Bonchev–Trinajstić information content (AvgIpc) is 2.31. The maximum Gasteiger partial charge on any atom is 0.285 e. The zero-order valence-electron chi connectivity index (χ0n) is 8.70. The fourth-order valence-corrected chi connectivity index (χ4v) is 3.51. The van der Waals surface area contributed by atoms with Gasteiger partial charge in [0.15, 0.2) is 5.69 Å². The lowest BCUT2D eigenvalue weighted by Crippen LogP contribution is -2.37. The highest BCUT2D eigenvalue weighted by atomic mass is 79.9. The number of halogens is 2. The second-order valence-corrected chi connectivity index (χ2v) is 5.59. The van der Waals surface area contributed by atoms with E-state index in [0.717, 1.165) is 29.6 Å². The van der Waals surface area contributed by atoms with Crippen molar-refractivity contribution in [2.45, 2.75) is 25.7 Å². The number of aromatic nitrogens is 1. The van der Waals surface area contributed by atoms with Crippen LogP contribution in [0.3, 0.4) is 0 Å². The zero-order chi connectivity index (χ0) is 12.6. The smallest absolute Gasteiger partial charge is 0.285 e. The average molecular weight is 342 g/mol. The summed E-state index contributed by atoms with van der Waals surface area (Å²) in [5.41, 5.74) is 1.58. The lowest BCUT2D eigenvalue weighted by Gasteiger charge is -2.19. The van der Waals surface area contributed by atoms with Crippen LogP contribution in [-0.4, -0.2) is 8.76 Å². The van der Waals surface area contributed by atoms with Gasteiger partial charge in [-0.15, -0.1) is 0 Å². The molecule has 1 atom stereocenters. The van der Waals surface area contributed by atoms with Gasteiger partial charge >= 0.3 is 0 Å². The number of nitrogens with one attached hydrogen (secondary N) is 1. The Kier molecular flexibility index (Phi) is 3.92. The quantitative estimate of drug-likeness (QED) is 0.374. The molecular formula is C9H10BrClN2O3S. The summed E-state index contributed by atoms with van der Waals surface area (Å²) in [5, 5.41) is 12.3. The summed E-state index contributed by atoms with van der Waals surface area (Å²) in [5.74, 6) is 0. The van der Waals surface area contributed by atoms with Crippen molar-refractivity contribution >= 4 is 44.5 Å². The Morgan fingerprint density at radius 1 is 1.47 bits per heavy atom. The molecule has 5 nitrogen and oxygen atoms in total. The largest absolute Gasteiger partial charge is 0.618 e. The van der Waals surface area contributed by atoms with Gasteiger partial charge in [0.2, 0.25) is 0 Å². The van der Waals surface area contributed by atoms with Crippen molar-refractivity contribution in [3.05, 3.63) is 26.1 Å². The van der Waals surface area contributed by atoms with Crippen LogP contribution in [0.4, 0.5) is 5.69 Å². The molecule has 1 aliphatic carbocycles. The predicted octanol–water partition coefficient (Wildman–Crippen LogP) is 2.16. The summed E-state index contributed by atoms with van der Waals surface area (Å²) in [6.07, 6.45) is 3.32. The topological polar surface area (TPSA) is 76.3 Å². The summed E-state index contributed by atoms with van der Waals surface area (Å²) in [7, 11) is 0. The first-order valence-corrected chi connectivity index (χ1v) is 7.30. The lowest BCUT2D eigenvalue weighted by molar-refractivity contribution is -0.625. The molecule has 0 radical (unpaired) electrons. The Morgan fingerprint density at radius 2 is 2.12 bits per heavy atom. The van der Waals surface area contributed by atoms with Crippen LogP contribution in [-0.2, 0) is 24.1 Å². The third kappa shape index (κ3) is 2.42. The zero-order valence-corrected chi connectivity index (χ0v) is 11.9. The maximum absolute atomic E-state index is 12.0. The fourth-order valence-electron chi connectivity index (χ4n) is 1.99. The van der Waals surface area contributed by atoms with Crippen LogP contribution in [0.5, 0.6) is 0 Å². The molecule has 0 fully saturated rings. The minimum absolute atomic E-state index is 0.144. The molecule has 0 saturated heterocycles. The van der Waals surface area contributed by atoms with Crippen molar-refractivity contribution in [3.63, 3.8) is 0 Å². The third-order valence-electron chi connectivity index (χ3n) is 2.74. The van der Waals surface area contributed by atoms with E-state index in [1.165, 1.54) is 0 Å². The van der Waals surface area contributed by atoms with Crippen molar-refractivity contribution in [1.29, 1.82) is 0 Å². The predicted molar refractivity (Wildman–Crippen MR) is 69.1 cm³/mol. The van der Waals surface area contributed by atoms with Crippen LogP contribution < -0.4 is 9.45 Å². The summed E-state index contributed by atoms with van der Waals surface area (Å²) in [4.78, 5) is 0. The van der Waals surface area contributed by atoms with Gasteiger partial charge in [-0.3, -0.25) is 9.27 Å². The van der Waals surface area contributed by atoms with Crippen molar-refractivity contribution in [2.75, 3.05) is 4.72 Å². The molecule has 94 valence electrons. The molecule has 1 aromatic rings. The molecular weight excluding hydrogens is 332 g/mol. The second kappa shape index (κ2) is 5.09. The van der Waals surface area contributed by atoms with Crippen molar-refractivity contribution in [2.24, 2.45) is 0 Å². The minimum atomic E-state index is -2.26. The minimum Gasteiger partial charge on any atom is -0.618 e. The van der Waals surface area contributed by atoms with E-state index < -0.39 is 11.3 Å². The molecule has 1 aliphatic rings. The first-order valence-electron chi connectivity index (χ1n) is 5.02. The van der Waals surface area contributed by atoms with Crippen molar-refractivity contribution in [1.82, 2.24) is 0 Å². The number of nitrogens with zero attached hydrogens (tertiary/aromatic N) is 1. The summed E-state index contributed by atoms with van der Waals surface area (Å²) in [6, 6.07) is 0. The highest BCUT2D eigenvalue weighted by molar-refractivity contribution is 9.10. The van der Waals surface area contributed by atoms with Gasteiger partial charge in [-0.1, -0.05) is 11.6 Å². The van der Waals surface area contributed by atoms with Crippen molar-refractivity contribution < 1.29 is 13.5 Å². The standard InChI is InChI=1S/C9H10BrClN2O3S/c10-9-8(12-17(15)16)7(11)5-3-1-2-4-6(5)13(9)14/h12H,1-4H2,(H,15,16). The van der Waals surface area contributed by atoms with E-state index in [1.54, 1.807) is 0 Å². The van der Waals surface area contributed by atoms with Crippen LogP contribution in [0.25, 0.3) is 0 Å². The maximum atomic E-state index is 12.0. The number of rotatable bonds is 2. The molecule has 2 N–H and O–H groups in total. The molecule has 1 unspecified atom stereocenters. The number of anilines is 1. The van der Waals surface area contributed by atoms with Crippen molar-refractivity contribution in [3.8, 4) is 0 Å². The van der Waals surface area contributed by atoms with Crippen LogP contribution in [0.2, 0.25) is 5.02 Å². The van der Waals surface area contributed by atoms with Gasteiger partial charge in [-0.2, -0.15) is 4.73 Å². The molecule has 0 aromatic carbocycles. The fraction of sp³-hybridized carbons (Fsp3) is 0.444. The summed E-state index contributed by atoms with van der Waals surface area (Å²) >= 11 is 6.99. The van der Waals surface area contributed by atoms with Gasteiger partial charge < -0.3 is 5.21 Å². The first-order chi connectivity index (χ1) is 8.02. The number of hydrogen-bond acceptors (Lipinski definition) is 2. The Bertz CT molecular complexity index is 498. The van der Waals surface area contributed by atoms with E-state index in [4.69, 9.17) is 16.2 Å². The van der Waals surface area contributed by atoms with Gasteiger partial charge in [0.25, 0.3) is 15.9 Å². The Morgan fingerprint density at radius 3 is 2.76 bits per heavy atom. The van der Waals surface area contributed by atoms with Crippen LogP contribution in [0.15, 0.2) is 4.60 Å². The normalized spacial score (nSPS) is 16.4. The van der Waals surface area contributed by atoms with Gasteiger partial charge in [-0.05, 0) is 19.3 Å². The number of pyridine rings is 1. The highest BCUT2D eigenvalue weighted by Crippen LogP contribution is 2.35. The molecule has 17 heavy (non-hydrogen) atoms. The second-order valence-electron chi connectivity index (χ2n) is 3.76. The van der Waals surface area contributed by atoms with Crippen LogP contribution in [0, 0.1) is 5.21 Å². The van der Waals surface area contributed by atoms with E-state index >= 15 is 0 Å². The molecule has 1 aromatic heterocycles. The van der Waals surface area contributed by atoms with Gasteiger partial charge in [0.1, 0.15) is 5.69 Å². The Labute approximate surface area is 114 Å².